The van der Waals surface area contributed by atoms with Crippen molar-refractivity contribution in [2.45, 2.75) is 96.9 Å². The maximum atomic E-state index is 13.1. The molecule has 8 nitrogen and oxygen atoms in total. The Hall–Kier alpha value is -2.38. The molecule has 2 fully saturated rings. The lowest BCUT2D eigenvalue weighted by Crippen LogP contribution is -2.41. The zero-order valence-corrected chi connectivity index (χ0v) is 19.6. The molecule has 1 heterocycles. The molecule has 0 aromatic rings. The van der Waals surface area contributed by atoms with E-state index >= 15 is 0 Å². The fourth-order valence-electron chi connectivity index (χ4n) is 4.35. The molecule has 0 aromatic carbocycles. The smallest absolute Gasteiger partial charge is 0.344 e. The number of hydrogen-bond donors (Lipinski definition) is 0. The predicted molar refractivity (Wildman–Crippen MR) is 115 cm³/mol. The Morgan fingerprint density at radius 2 is 1.88 bits per heavy atom. The van der Waals surface area contributed by atoms with E-state index in [1.807, 2.05) is 20.8 Å². The van der Waals surface area contributed by atoms with Crippen LogP contribution in [0.25, 0.3) is 0 Å². The highest BCUT2D eigenvalue weighted by molar-refractivity contribution is 5.88. The fourth-order valence-corrected chi connectivity index (χ4v) is 4.35. The third-order valence-corrected chi connectivity index (χ3v) is 6.29. The summed E-state index contributed by atoms with van der Waals surface area (Å²) in [5.74, 6) is -3.04. The number of hydrogen-bond acceptors (Lipinski definition) is 8. The minimum Gasteiger partial charge on any atom is -0.459 e. The van der Waals surface area contributed by atoms with E-state index in [1.165, 1.54) is 6.92 Å². The van der Waals surface area contributed by atoms with Gasteiger partial charge in [0.15, 0.2) is 6.61 Å². The summed E-state index contributed by atoms with van der Waals surface area (Å²) >= 11 is 0. The average molecular weight is 453 g/mol. The zero-order valence-electron chi connectivity index (χ0n) is 19.6. The Morgan fingerprint density at radius 3 is 2.44 bits per heavy atom. The molecule has 0 aromatic heterocycles. The van der Waals surface area contributed by atoms with Gasteiger partial charge in [-0.05, 0) is 44.9 Å². The van der Waals surface area contributed by atoms with Gasteiger partial charge in [0.2, 0.25) is 0 Å². The molecule has 180 valence electrons. The van der Waals surface area contributed by atoms with Crippen LogP contribution in [0.4, 0.5) is 0 Å². The molecule has 3 atom stereocenters. The Bertz CT molecular complexity index is 720. The highest BCUT2D eigenvalue weighted by Crippen LogP contribution is 2.40. The third-order valence-electron chi connectivity index (χ3n) is 6.29. The number of cyclic esters (lactones) is 1. The van der Waals surface area contributed by atoms with Gasteiger partial charge in [0.1, 0.15) is 17.8 Å². The normalized spacial score (nSPS) is 24.9. The fraction of sp³-hybridized carbons (Fsp3) is 0.750. The van der Waals surface area contributed by atoms with Crippen molar-refractivity contribution >= 4 is 23.9 Å². The van der Waals surface area contributed by atoms with Crippen molar-refractivity contribution in [2.75, 3.05) is 6.61 Å². The maximum absolute atomic E-state index is 13.1. The van der Waals surface area contributed by atoms with Gasteiger partial charge in [-0.1, -0.05) is 33.8 Å². The van der Waals surface area contributed by atoms with Crippen LogP contribution in [0.3, 0.4) is 0 Å². The molecule has 1 aliphatic carbocycles. The largest absolute Gasteiger partial charge is 0.459 e. The van der Waals surface area contributed by atoms with Gasteiger partial charge in [-0.2, -0.15) is 0 Å². The average Bonchev–Trinajstić information content (AvgIpc) is 3.14. The van der Waals surface area contributed by atoms with E-state index in [0.717, 1.165) is 25.7 Å². The number of carbonyl (C=O) groups excluding carboxylic acids is 4. The van der Waals surface area contributed by atoms with E-state index < -0.39 is 54.2 Å². The molecular formula is C24H36O8. The summed E-state index contributed by atoms with van der Waals surface area (Å²) in [7, 11) is 0. The van der Waals surface area contributed by atoms with Crippen LogP contribution in [0.15, 0.2) is 12.2 Å². The first-order chi connectivity index (χ1) is 15.1. The first kappa shape index (κ1) is 25.9. The number of ether oxygens (including phenoxy) is 4. The molecule has 1 saturated heterocycles. The van der Waals surface area contributed by atoms with Gasteiger partial charge in [0.25, 0.3) is 0 Å². The second-order valence-corrected chi connectivity index (χ2v) is 9.19. The molecule has 2 rings (SSSR count). The van der Waals surface area contributed by atoms with E-state index in [4.69, 9.17) is 18.9 Å². The number of rotatable bonds is 9. The summed E-state index contributed by atoms with van der Waals surface area (Å²) in [5.41, 5.74) is -0.349. The van der Waals surface area contributed by atoms with Crippen LogP contribution in [-0.4, -0.2) is 48.3 Å². The molecule has 0 amide bonds. The first-order valence-corrected chi connectivity index (χ1v) is 11.5. The molecule has 32 heavy (non-hydrogen) atoms. The summed E-state index contributed by atoms with van der Waals surface area (Å²) < 4.78 is 21.8. The van der Waals surface area contributed by atoms with E-state index in [1.54, 1.807) is 0 Å². The summed E-state index contributed by atoms with van der Waals surface area (Å²) in [5, 5.41) is 0. The van der Waals surface area contributed by atoms with E-state index in [0.29, 0.717) is 12.8 Å². The van der Waals surface area contributed by atoms with Gasteiger partial charge in [-0.3, -0.25) is 9.59 Å². The Kier molecular flexibility index (Phi) is 9.28. The summed E-state index contributed by atoms with van der Waals surface area (Å²) in [4.78, 5) is 49.3. The van der Waals surface area contributed by atoms with Gasteiger partial charge in [0, 0.05) is 12.0 Å². The summed E-state index contributed by atoms with van der Waals surface area (Å²) in [6.07, 6.45) is 3.28. The summed E-state index contributed by atoms with van der Waals surface area (Å²) in [6, 6.07) is 0. The topological polar surface area (TPSA) is 105 Å². The highest BCUT2D eigenvalue weighted by Gasteiger charge is 2.44. The van der Waals surface area contributed by atoms with Gasteiger partial charge in [0.05, 0.1) is 12.3 Å². The van der Waals surface area contributed by atoms with Crippen LogP contribution < -0.4 is 0 Å². The minimum atomic E-state index is -0.825. The van der Waals surface area contributed by atoms with Crippen LogP contribution in [-0.2, 0) is 38.1 Å². The molecule has 0 N–H and O–H groups in total. The molecule has 8 heteroatoms. The van der Waals surface area contributed by atoms with Crippen LogP contribution >= 0.6 is 0 Å². The Morgan fingerprint density at radius 1 is 1.22 bits per heavy atom. The van der Waals surface area contributed by atoms with Crippen LogP contribution in [0, 0.1) is 11.8 Å². The zero-order chi connectivity index (χ0) is 23.9. The van der Waals surface area contributed by atoms with Crippen LogP contribution in [0.5, 0.6) is 0 Å². The van der Waals surface area contributed by atoms with Crippen molar-refractivity contribution in [3.05, 3.63) is 12.2 Å². The van der Waals surface area contributed by atoms with Gasteiger partial charge in [-0.25, -0.2) is 9.59 Å². The summed E-state index contributed by atoms with van der Waals surface area (Å²) in [6.45, 7) is 10.3. The molecule has 0 radical (unpaired) electrons. The van der Waals surface area contributed by atoms with Crippen LogP contribution in [0.2, 0.25) is 0 Å². The van der Waals surface area contributed by atoms with E-state index in [9.17, 15) is 19.2 Å². The number of esters is 4. The highest BCUT2D eigenvalue weighted by atomic mass is 16.6. The Labute approximate surface area is 190 Å². The lowest BCUT2D eigenvalue weighted by atomic mass is 9.87. The van der Waals surface area contributed by atoms with E-state index in [2.05, 4.69) is 6.58 Å². The lowest BCUT2D eigenvalue weighted by molar-refractivity contribution is -0.174. The molecule has 1 aliphatic heterocycles. The van der Waals surface area contributed by atoms with Gasteiger partial charge >= 0.3 is 23.9 Å². The quantitative estimate of drug-likeness (QED) is 0.297. The van der Waals surface area contributed by atoms with Crippen molar-refractivity contribution in [2.24, 2.45) is 11.8 Å². The molecule has 3 unspecified atom stereocenters. The molecule has 1 saturated carbocycles. The number of carbonyl (C=O) groups is 4. The minimum absolute atomic E-state index is 0.115. The van der Waals surface area contributed by atoms with Gasteiger partial charge in [-0.15, -0.1) is 0 Å². The van der Waals surface area contributed by atoms with Crippen molar-refractivity contribution in [3.63, 3.8) is 0 Å². The molecular weight excluding hydrogens is 416 g/mol. The lowest BCUT2D eigenvalue weighted by Gasteiger charge is -2.34. The third kappa shape index (κ3) is 6.81. The van der Waals surface area contributed by atoms with E-state index in [-0.39, 0.29) is 24.3 Å². The predicted octanol–water partition coefficient (Wildman–Crippen LogP) is 3.65. The van der Waals surface area contributed by atoms with Crippen molar-refractivity contribution < 1.29 is 38.1 Å². The SMILES string of the molecule is C=C(C)C(=O)OCC(=O)OC1CC(C(=O)OC2(C(C)C)CCCC2)CC(=O)OC1CCC. The van der Waals surface area contributed by atoms with Crippen molar-refractivity contribution in [3.8, 4) is 0 Å². The van der Waals surface area contributed by atoms with Crippen LogP contribution in [0.1, 0.15) is 79.1 Å². The van der Waals surface area contributed by atoms with Crippen molar-refractivity contribution in [1.82, 2.24) is 0 Å². The van der Waals surface area contributed by atoms with Crippen molar-refractivity contribution in [1.29, 1.82) is 0 Å². The standard InChI is InChI=1S/C24H36O8/c1-6-9-18-19(31-21(26)14-29-22(27)15(2)3)12-17(13-20(25)30-18)23(28)32-24(16(4)5)10-7-8-11-24/h16-19H,2,6-14H2,1,3-5H3. The molecule has 2 aliphatic rings. The molecule has 0 bridgehead atoms. The second kappa shape index (κ2) is 11.5. The Balaban J connectivity index is 2.11. The molecule has 0 spiro atoms. The monoisotopic (exact) mass is 452 g/mol. The van der Waals surface area contributed by atoms with Gasteiger partial charge < -0.3 is 18.9 Å². The maximum Gasteiger partial charge on any atom is 0.344 e. The second-order valence-electron chi connectivity index (χ2n) is 9.19. The first-order valence-electron chi connectivity index (χ1n) is 11.5.